The molecule has 3 aliphatic rings. The molecule has 0 radical (unpaired) electrons. The Kier molecular flexibility index (Phi) is 3.52. The summed E-state index contributed by atoms with van der Waals surface area (Å²) in [5.74, 6) is -0.997. The number of nitrogens with zero attached hydrogens (tertiary/aromatic N) is 1. The van der Waals surface area contributed by atoms with Gasteiger partial charge in [0.2, 0.25) is 11.6 Å². The number of piperidine rings is 1. The fourth-order valence-corrected chi connectivity index (χ4v) is 3.78. The van der Waals surface area contributed by atoms with Gasteiger partial charge in [0.05, 0.1) is 13.2 Å². The Morgan fingerprint density at radius 3 is 2.13 bits per heavy atom. The molecule has 120 valence electrons. The minimum atomic E-state index is -0.525. The van der Waals surface area contributed by atoms with Crippen molar-refractivity contribution < 1.29 is 19.1 Å². The van der Waals surface area contributed by atoms with Gasteiger partial charge >= 0.3 is 0 Å². The normalized spacial score (nSPS) is 23.6. The first kappa shape index (κ1) is 14.9. The Balaban J connectivity index is 1.63. The molecule has 0 N–H and O–H groups in total. The second-order valence-corrected chi connectivity index (χ2v) is 6.34. The number of benzene rings is 1. The molecule has 6 heteroatoms. The summed E-state index contributed by atoms with van der Waals surface area (Å²) in [6.07, 6.45) is 1.31. The molecule has 1 aliphatic carbocycles. The van der Waals surface area contributed by atoms with E-state index >= 15 is 0 Å². The Hall–Kier alpha value is -1.69. The lowest BCUT2D eigenvalue weighted by Gasteiger charge is -2.40. The third-order valence-electron chi connectivity index (χ3n) is 4.69. The maximum Gasteiger partial charge on any atom is 0.211 e. The van der Waals surface area contributed by atoms with Crippen molar-refractivity contribution in [3.8, 4) is 0 Å². The highest BCUT2D eigenvalue weighted by molar-refractivity contribution is 6.49. The first-order chi connectivity index (χ1) is 11.1. The SMILES string of the molecule is O=C1C(Cl)=C(N2CCC3(CC2)OCCO3)C(=O)c2ccccc21. The van der Waals surface area contributed by atoms with Crippen LogP contribution in [0.4, 0.5) is 0 Å². The zero-order valence-corrected chi connectivity index (χ0v) is 13.3. The Morgan fingerprint density at radius 2 is 1.52 bits per heavy atom. The van der Waals surface area contributed by atoms with Gasteiger partial charge in [0.25, 0.3) is 0 Å². The van der Waals surface area contributed by atoms with Crippen LogP contribution in [0.25, 0.3) is 0 Å². The number of allylic oxidation sites excluding steroid dienone is 2. The molecule has 2 heterocycles. The molecular formula is C17H16ClNO4. The van der Waals surface area contributed by atoms with Gasteiger partial charge in [0.1, 0.15) is 10.7 Å². The van der Waals surface area contributed by atoms with Gasteiger partial charge < -0.3 is 14.4 Å². The summed E-state index contributed by atoms with van der Waals surface area (Å²) < 4.78 is 11.4. The third kappa shape index (κ3) is 2.31. The van der Waals surface area contributed by atoms with E-state index in [0.717, 1.165) is 0 Å². The summed E-state index contributed by atoms with van der Waals surface area (Å²) in [4.78, 5) is 27.1. The number of likely N-dealkylation sites (tertiary alicyclic amines) is 1. The fourth-order valence-electron chi connectivity index (χ4n) is 3.47. The molecular weight excluding hydrogens is 318 g/mol. The van der Waals surface area contributed by atoms with Crippen LogP contribution in [0.3, 0.4) is 0 Å². The number of halogens is 1. The highest BCUT2D eigenvalue weighted by Gasteiger charge is 2.42. The van der Waals surface area contributed by atoms with Crippen molar-refractivity contribution in [2.24, 2.45) is 0 Å². The highest BCUT2D eigenvalue weighted by atomic mass is 35.5. The minimum absolute atomic E-state index is 0.0120. The van der Waals surface area contributed by atoms with Gasteiger partial charge in [-0.2, -0.15) is 0 Å². The molecule has 5 nitrogen and oxygen atoms in total. The van der Waals surface area contributed by atoms with Crippen molar-refractivity contribution in [2.45, 2.75) is 18.6 Å². The number of rotatable bonds is 1. The molecule has 0 amide bonds. The second kappa shape index (κ2) is 5.44. The molecule has 0 unspecified atom stereocenters. The van der Waals surface area contributed by atoms with Crippen LogP contribution in [0.2, 0.25) is 0 Å². The van der Waals surface area contributed by atoms with E-state index in [-0.39, 0.29) is 16.6 Å². The maximum absolute atomic E-state index is 12.8. The van der Waals surface area contributed by atoms with Crippen LogP contribution < -0.4 is 0 Å². The summed E-state index contributed by atoms with van der Waals surface area (Å²) in [5.41, 5.74) is 1.11. The molecule has 2 saturated heterocycles. The van der Waals surface area contributed by atoms with E-state index in [1.807, 2.05) is 4.90 Å². The first-order valence-corrected chi connectivity index (χ1v) is 8.10. The van der Waals surface area contributed by atoms with Crippen molar-refractivity contribution in [2.75, 3.05) is 26.3 Å². The van der Waals surface area contributed by atoms with Gasteiger partial charge in [-0.15, -0.1) is 0 Å². The number of Topliss-reactive ketones (excluding diaryl/α,β-unsaturated/α-hetero) is 2. The van der Waals surface area contributed by atoms with E-state index in [9.17, 15) is 9.59 Å². The van der Waals surface area contributed by atoms with Crippen molar-refractivity contribution in [3.05, 3.63) is 46.1 Å². The molecule has 0 bridgehead atoms. The van der Waals surface area contributed by atoms with Crippen molar-refractivity contribution in [1.82, 2.24) is 4.90 Å². The number of fused-ring (bicyclic) bond motifs is 1. The van der Waals surface area contributed by atoms with Crippen LogP contribution in [0, 0.1) is 0 Å². The van der Waals surface area contributed by atoms with E-state index in [2.05, 4.69) is 0 Å². The molecule has 23 heavy (non-hydrogen) atoms. The predicted octanol–water partition coefficient (Wildman–Crippen LogP) is 2.35. The number of ether oxygens (including phenoxy) is 2. The zero-order chi connectivity index (χ0) is 16.0. The van der Waals surface area contributed by atoms with Crippen LogP contribution >= 0.6 is 11.6 Å². The Labute approximate surface area is 138 Å². The lowest BCUT2D eigenvalue weighted by atomic mass is 9.90. The Bertz CT molecular complexity index is 711. The molecule has 2 aliphatic heterocycles. The highest BCUT2D eigenvalue weighted by Crippen LogP contribution is 2.36. The molecule has 1 spiro atoms. The van der Waals surface area contributed by atoms with Gasteiger partial charge in [0, 0.05) is 37.1 Å². The van der Waals surface area contributed by atoms with E-state index in [0.29, 0.717) is 56.0 Å². The van der Waals surface area contributed by atoms with E-state index in [1.54, 1.807) is 24.3 Å². The van der Waals surface area contributed by atoms with Crippen LogP contribution in [-0.4, -0.2) is 48.6 Å². The smallest absolute Gasteiger partial charge is 0.211 e. The number of carbonyl (C=O) groups excluding carboxylic acids is 2. The molecule has 1 aromatic rings. The summed E-state index contributed by atoms with van der Waals surface area (Å²) >= 11 is 6.25. The fraction of sp³-hybridized carbons (Fsp3) is 0.412. The van der Waals surface area contributed by atoms with E-state index in [4.69, 9.17) is 21.1 Å². The summed E-state index contributed by atoms with van der Waals surface area (Å²) in [7, 11) is 0. The van der Waals surface area contributed by atoms with Gasteiger partial charge in [-0.1, -0.05) is 35.9 Å². The van der Waals surface area contributed by atoms with Crippen molar-refractivity contribution in [3.63, 3.8) is 0 Å². The number of ketones is 2. The largest absolute Gasteiger partial charge is 0.367 e. The summed E-state index contributed by atoms with van der Waals surface area (Å²) in [6.45, 7) is 2.36. The van der Waals surface area contributed by atoms with Crippen molar-refractivity contribution >= 4 is 23.2 Å². The lowest BCUT2D eigenvalue weighted by Crippen LogP contribution is -2.46. The molecule has 0 aromatic heterocycles. The second-order valence-electron chi connectivity index (χ2n) is 5.96. The van der Waals surface area contributed by atoms with Crippen LogP contribution in [0.15, 0.2) is 35.0 Å². The van der Waals surface area contributed by atoms with Gasteiger partial charge in [-0.05, 0) is 0 Å². The Morgan fingerprint density at radius 1 is 0.957 bits per heavy atom. The number of hydrogen-bond acceptors (Lipinski definition) is 5. The monoisotopic (exact) mass is 333 g/mol. The maximum atomic E-state index is 12.8. The average molecular weight is 334 g/mol. The molecule has 0 saturated carbocycles. The quantitative estimate of drug-likeness (QED) is 0.789. The molecule has 1 aromatic carbocycles. The molecule has 4 rings (SSSR count). The third-order valence-corrected chi connectivity index (χ3v) is 5.04. The van der Waals surface area contributed by atoms with E-state index in [1.165, 1.54) is 0 Å². The lowest BCUT2D eigenvalue weighted by molar-refractivity contribution is -0.182. The predicted molar refractivity (Wildman–Crippen MR) is 83.4 cm³/mol. The average Bonchev–Trinajstić information content (AvgIpc) is 3.03. The molecule has 0 atom stereocenters. The van der Waals surface area contributed by atoms with Crippen molar-refractivity contribution in [1.29, 1.82) is 0 Å². The van der Waals surface area contributed by atoms with Crippen LogP contribution in [0.5, 0.6) is 0 Å². The number of carbonyl (C=O) groups is 2. The number of hydrogen-bond donors (Lipinski definition) is 0. The first-order valence-electron chi connectivity index (χ1n) is 7.72. The summed E-state index contributed by atoms with van der Waals surface area (Å²) in [5, 5.41) is 0.0120. The minimum Gasteiger partial charge on any atom is -0.367 e. The van der Waals surface area contributed by atoms with Crippen LogP contribution in [0.1, 0.15) is 33.6 Å². The van der Waals surface area contributed by atoms with Gasteiger partial charge in [-0.3, -0.25) is 9.59 Å². The standard InChI is InChI=1S/C17H16ClNO4/c18-13-14(16(21)12-4-2-1-3-11(12)15(13)20)19-7-5-17(6-8-19)22-9-10-23-17/h1-4H,5-10H2. The van der Waals surface area contributed by atoms with Crippen LogP contribution in [-0.2, 0) is 9.47 Å². The van der Waals surface area contributed by atoms with E-state index < -0.39 is 5.79 Å². The zero-order valence-electron chi connectivity index (χ0n) is 12.5. The topological polar surface area (TPSA) is 55.8 Å². The molecule has 2 fully saturated rings. The van der Waals surface area contributed by atoms with Gasteiger partial charge in [-0.25, -0.2) is 0 Å². The summed E-state index contributed by atoms with van der Waals surface area (Å²) in [6, 6.07) is 6.80. The van der Waals surface area contributed by atoms with Gasteiger partial charge in [0.15, 0.2) is 5.79 Å².